The van der Waals surface area contributed by atoms with Crippen LogP contribution in [0.3, 0.4) is 0 Å². The summed E-state index contributed by atoms with van der Waals surface area (Å²) in [5.41, 5.74) is 2.95. The third-order valence-corrected chi connectivity index (χ3v) is 1.88. The number of rotatable bonds is 1. The minimum absolute atomic E-state index is 0.0520. The molecule has 0 amide bonds. The van der Waals surface area contributed by atoms with E-state index in [1.807, 2.05) is 12.1 Å². The van der Waals surface area contributed by atoms with Gasteiger partial charge in [-0.25, -0.2) is 0 Å². The molecule has 0 saturated carbocycles. The Bertz CT molecular complexity index is 326. The molecule has 11 heavy (non-hydrogen) atoms. The Morgan fingerprint density at radius 3 is 2.82 bits per heavy atom. The van der Waals surface area contributed by atoms with Crippen LogP contribution in [0.4, 0.5) is 0 Å². The first kappa shape index (κ1) is 6.43. The number of aliphatic hydroxyl groups excluding tert-OH is 1. The number of fused-ring (bicyclic) bond motifs is 1. The van der Waals surface area contributed by atoms with Gasteiger partial charge in [0.2, 0.25) is 0 Å². The highest BCUT2D eigenvalue weighted by Gasteiger charge is 2.14. The molecule has 2 rings (SSSR count). The third kappa shape index (κ3) is 0.835. The zero-order valence-electron chi connectivity index (χ0n) is 5.91. The lowest BCUT2D eigenvalue weighted by atomic mass is 9.89. The van der Waals surface area contributed by atoms with Crippen LogP contribution in [0.5, 0.6) is 5.75 Å². The second kappa shape index (κ2) is 2.10. The number of aromatic hydroxyl groups is 1. The standard InChI is InChI=1S/C9H8O2/c10-5-7-3-6-1-2-8(11)4-9(6)7/h1-4,10-11H,5H2. The van der Waals surface area contributed by atoms with Crippen molar-refractivity contribution in [3.63, 3.8) is 0 Å². The second-order valence-electron chi connectivity index (χ2n) is 2.60. The molecule has 0 aromatic heterocycles. The van der Waals surface area contributed by atoms with Gasteiger partial charge in [-0.1, -0.05) is 6.07 Å². The average Bonchev–Trinajstić information content (AvgIpc) is 1.97. The molecule has 0 heterocycles. The van der Waals surface area contributed by atoms with Crippen LogP contribution < -0.4 is 0 Å². The van der Waals surface area contributed by atoms with Crippen molar-refractivity contribution in [1.82, 2.24) is 0 Å². The molecule has 0 bridgehead atoms. The van der Waals surface area contributed by atoms with Gasteiger partial charge in [0.25, 0.3) is 0 Å². The molecule has 0 unspecified atom stereocenters. The summed E-state index contributed by atoms with van der Waals surface area (Å²) in [4.78, 5) is 0. The lowest BCUT2D eigenvalue weighted by Gasteiger charge is -2.17. The van der Waals surface area contributed by atoms with Crippen LogP contribution in [0.15, 0.2) is 18.2 Å². The molecule has 2 nitrogen and oxygen atoms in total. The minimum Gasteiger partial charge on any atom is -0.508 e. The second-order valence-corrected chi connectivity index (χ2v) is 2.60. The van der Waals surface area contributed by atoms with Gasteiger partial charge in [0.1, 0.15) is 5.75 Å². The zero-order chi connectivity index (χ0) is 7.84. The van der Waals surface area contributed by atoms with Crippen molar-refractivity contribution in [3.05, 3.63) is 29.3 Å². The summed E-state index contributed by atoms with van der Waals surface area (Å²) in [6.07, 6.45) is 1.91. The fourth-order valence-corrected chi connectivity index (χ4v) is 1.27. The topological polar surface area (TPSA) is 40.5 Å². The van der Waals surface area contributed by atoms with Gasteiger partial charge in [0.15, 0.2) is 0 Å². The Kier molecular flexibility index (Phi) is 1.23. The maximum absolute atomic E-state index is 9.08. The smallest absolute Gasteiger partial charge is 0.116 e. The first-order valence-corrected chi connectivity index (χ1v) is 3.46. The molecule has 0 fully saturated rings. The van der Waals surface area contributed by atoms with Gasteiger partial charge in [-0.05, 0) is 34.9 Å². The Hall–Kier alpha value is -1.28. The Labute approximate surface area is 64.4 Å². The van der Waals surface area contributed by atoms with E-state index < -0.39 is 0 Å². The molecular weight excluding hydrogens is 140 g/mol. The molecule has 2 N–H and O–H groups in total. The van der Waals surface area contributed by atoms with Crippen molar-refractivity contribution >= 4 is 11.6 Å². The van der Waals surface area contributed by atoms with E-state index in [0.29, 0.717) is 0 Å². The summed E-state index contributed by atoms with van der Waals surface area (Å²) < 4.78 is 0. The van der Waals surface area contributed by atoms with E-state index >= 15 is 0 Å². The summed E-state index contributed by atoms with van der Waals surface area (Å²) >= 11 is 0. The van der Waals surface area contributed by atoms with E-state index in [4.69, 9.17) is 10.2 Å². The fourth-order valence-electron chi connectivity index (χ4n) is 1.27. The maximum atomic E-state index is 9.08. The van der Waals surface area contributed by atoms with E-state index in [2.05, 4.69) is 0 Å². The summed E-state index contributed by atoms with van der Waals surface area (Å²) in [5, 5.41) is 17.8. The molecule has 0 saturated heterocycles. The first-order valence-electron chi connectivity index (χ1n) is 3.46. The fraction of sp³-hybridized carbons (Fsp3) is 0.111. The van der Waals surface area contributed by atoms with Crippen LogP contribution in [-0.4, -0.2) is 16.8 Å². The van der Waals surface area contributed by atoms with Gasteiger partial charge in [-0.15, -0.1) is 0 Å². The Balaban J connectivity index is 2.44. The van der Waals surface area contributed by atoms with E-state index in [-0.39, 0.29) is 12.4 Å². The number of benzene rings is 1. The monoisotopic (exact) mass is 148 g/mol. The van der Waals surface area contributed by atoms with Crippen molar-refractivity contribution in [1.29, 1.82) is 0 Å². The van der Waals surface area contributed by atoms with Crippen LogP contribution in [0.1, 0.15) is 11.1 Å². The molecule has 0 atom stereocenters. The molecule has 1 aromatic rings. The highest BCUT2D eigenvalue weighted by molar-refractivity contribution is 5.96. The number of phenolic OH excluding ortho intramolecular Hbond substituents is 1. The number of phenols is 1. The van der Waals surface area contributed by atoms with Gasteiger partial charge in [0.05, 0.1) is 6.61 Å². The highest BCUT2D eigenvalue weighted by Crippen LogP contribution is 2.33. The van der Waals surface area contributed by atoms with Gasteiger partial charge >= 0.3 is 0 Å². The number of hydrogen-bond donors (Lipinski definition) is 2. The third-order valence-electron chi connectivity index (χ3n) is 1.88. The van der Waals surface area contributed by atoms with Crippen molar-refractivity contribution in [2.45, 2.75) is 0 Å². The number of aliphatic hydroxyl groups is 1. The summed E-state index contributed by atoms with van der Waals surface area (Å²) in [6.45, 7) is 0.0520. The quantitative estimate of drug-likeness (QED) is 0.629. The van der Waals surface area contributed by atoms with Crippen LogP contribution in [0.25, 0.3) is 11.6 Å². The van der Waals surface area contributed by atoms with E-state index in [1.165, 1.54) is 0 Å². The summed E-state index contributed by atoms with van der Waals surface area (Å²) in [5.74, 6) is 0.253. The SMILES string of the molecule is OCC1=Cc2ccc(O)cc21. The molecule has 1 aromatic carbocycles. The summed E-state index contributed by atoms with van der Waals surface area (Å²) in [7, 11) is 0. The molecule has 0 spiro atoms. The Morgan fingerprint density at radius 1 is 1.27 bits per heavy atom. The lowest BCUT2D eigenvalue weighted by Crippen LogP contribution is -2.01. The van der Waals surface area contributed by atoms with E-state index in [1.54, 1.807) is 12.1 Å². The molecular formula is C9H8O2. The normalized spacial score (nSPS) is 13.4. The first-order chi connectivity index (χ1) is 5.31. The highest BCUT2D eigenvalue weighted by atomic mass is 16.3. The summed E-state index contributed by atoms with van der Waals surface area (Å²) in [6, 6.07) is 5.15. The zero-order valence-corrected chi connectivity index (χ0v) is 5.91. The van der Waals surface area contributed by atoms with Gasteiger partial charge in [-0.2, -0.15) is 0 Å². The predicted molar refractivity (Wildman–Crippen MR) is 43.1 cm³/mol. The predicted octanol–water partition coefficient (Wildman–Crippen LogP) is 1.24. The van der Waals surface area contributed by atoms with Crippen molar-refractivity contribution < 1.29 is 10.2 Å². The minimum atomic E-state index is 0.0520. The molecule has 56 valence electrons. The lowest BCUT2D eigenvalue weighted by molar-refractivity contribution is 0.350. The molecule has 0 radical (unpaired) electrons. The van der Waals surface area contributed by atoms with Gasteiger partial charge < -0.3 is 10.2 Å². The van der Waals surface area contributed by atoms with Gasteiger partial charge in [-0.3, -0.25) is 0 Å². The van der Waals surface area contributed by atoms with Crippen molar-refractivity contribution in [2.75, 3.05) is 6.61 Å². The van der Waals surface area contributed by atoms with Crippen LogP contribution in [0, 0.1) is 0 Å². The maximum Gasteiger partial charge on any atom is 0.116 e. The average molecular weight is 148 g/mol. The molecule has 1 aliphatic rings. The number of hydrogen-bond acceptors (Lipinski definition) is 2. The van der Waals surface area contributed by atoms with Crippen molar-refractivity contribution in [2.24, 2.45) is 0 Å². The van der Waals surface area contributed by atoms with Gasteiger partial charge in [0, 0.05) is 0 Å². The van der Waals surface area contributed by atoms with E-state index in [0.717, 1.165) is 16.7 Å². The molecule has 0 aliphatic heterocycles. The van der Waals surface area contributed by atoms with Crippen LogP contribution >= 0.6 is 0 Å². The largest absolute Gasteiger partial charge is 0.508 e. The Morgan fingerprint density at radius 2 is 2.09 bits per heavy atom. The van der Waals surface area contributed by atoms with E-state index in [9.17, 15) is 0 Å². The van der Waals surface area contributed by atoms with Crippen LogP contribution in [0.2, 0.25) is 0 Å². The van der Waals surface area contributed by atoms with Crippen LogP contribution in [-0.2, 0) is 0 Å². The molecule has 2 heteroatoms. The molecule has 1 aliphatic carbocycles. The van der Waals surface area contributed by atoms with Crippen molar-refractivity contribution in [3.8, 4) is 5.75 Å².